The van der Waals surface area contributed by atoms with Crippen molar-refractivity contribution in [1.82, 2.24) is 10.2 Å². The van der Waals surface area contributed by atoms with Crippen molar-refractivity contribution in [2.75, 3.05) is 13.1 Å². The zero-order valence-electron chi connectivity index (χ0n) is 13.5. The van der Waals surface area contributed by atoms with E-state index < -0.39 is 0 Å². The first kappa shape index (κ1) is 14.3. The maximum atomic E-state index is 12.9. The highest BCUT2D eigenvalue weighted by molar-refractivity contribution is 5.91. The number of fused-ring (bicyclic) bond motifs is 1. The molecule has 3 heteroatoms. The molecule has 0 bridgehead atoms. The number of hydrogen-bond acceptors (Lipinski definition) is 2. The Morgan fingerprint density at radius 1 is 1.23 bits per heavy atom. The number of benzene rings is 1. The Kier molecular flexibility index (Phi) is 3.48. The first-order valence-electron chi connectivity index (χ1n) is 8.81. The third kappa shape index (κ3) is 2.36. The first-order valence-corrected chi connectivity index (χ1v) is 8.81. The molecule has 3 fully saturated rings. The van der Waals surface area contributed by atoms with Crippen LogP contribution in [0.2, 0.25) is 0 Å². The Morgan fingerprint density at radius 3 is 2.86 bits per heavy atom. The van der Waals surface area contributed by atoms with Gasteiger partial charge in [0.05, 0.1) is 5.41 Å². The molecule has 2 heterocycles. The second-order valence-corrected chi connectivity index (χ2v) is 7.42. The number of carbonyl (C=O) groups excluding carboxylic acids is 1. The van der Waals surface area contributed by atoms with Crippen molar-refractivity contribution in [2.45, 2.75) is 62.9 Å². The van der Waals surface area contributed by atoms with Gasteiger partial charge in [0.25, 0.3) is 0 Å². The number of hydrogen-bond donors (Lipinski definition) is 1. The predicted octanol–water partition coefficient (Wildman–Crippen LogP) is 2.77. The molecule has 4 rings (SSSR count). The summed E-state index contributed by atoms with van der Waals surface area (Å²) in [6.07, 6.45) is 7.02. The summed E-state index contributed by atoms with van der Waals surface area (Å²) in [4.78, 5) is 15.5. The molecule has 3 nitrogen and oxygen atoms in total. The maximum absolute atomic E-state index is 12.9. The van der Waals surface area contributed by atoms with Crippen molar-refractivity contribution in [2.24, 2.45) is 0 Å². The van der Waals surface area contributed by atoms with Gasteiger partial charge in [0.15, 0.2) is 0 Å². The molecule has 0 spiro atoms. The number of carbonyl (C=O) groups is 1. The summed E-state index contributed by atoms with van der Waals surface area (Å²) in [6, 6.07) is 9.46. The van der Waals surface area contributed by atoms with Gasteiger partial charge in [-0.2, -0.15) is 0 Å². The van der Waals surface area contributed by atoms with Gasteiger partial charge in [0, 0.05) is 18.6 Å². The average Bonchev–Trinajstić information content (AvgIpc) is 3.25. The molecule has 3 aliphatic rings. The summed E-state index contributed by atoms with van der Waals surface area (Å²) in [6.45, 7) is 4.49. The van der Waals surface area contributed by atoms with Gasteiger partial charge in [-0.15, -0.1) is 0 Å². The van der Waals surface area contributed by atoms with Crippen LogP contribution < -0.4 is 5.32 Å². The van der Waals surface area contributed by atoms with Crippen LogP contribution in [0.1, 0.15) is 49.7 Å². The van der Waals surface area contributed by atoms with Crippen LogP contribution in [0.25, 0.3) is 0 Å². The highest BCUT2D eigenvalue weighted by atomic mass is 16.2. The van der Waals surface area contributed by atoms with Crippen LogP contribution in [-0.2, 0) is 10.2 Å². The Morgan fingerprint density at radius 2 is 2.09 bits per heavy atom. The van der Waals surface area contributed by atoms with E-state index >= 15 is 0 Å². The maximum Gasteiger partial charge on any atom is 0.230 e. The van der Waals surface area contributed by atoms with Gasteiger partial charge in [-0.05, 0) is 51.1 Å². The van der Waals surface area contributed by atoms with Crippen LogP contribution >= 0.6 is 0 Å². The molecular formula is C19H26N2O. The van der Waals surface area contributed by atoms with E-state index in [0.717, 1.165) is 25.8 Å². The minimum atomic E-state index is -0.228. The molecule has 2 aliphatic heterocycles. The second kappa shape index (κ2) is 5.38. The Labute approximate surface area is 133 Å². The Bertz CT molecular complexity index is 579. The molecule has 1 N–H and O–H groups in total. The molecular weight excluding hydrogens is 272 g/mol. The van der Waals surface area contributed by atoms with Gasteiger partial charge in [-0.3, -0.25) is 9.69 Å². The smallest absolute Gasteiger partial charge is 0.230 e. The highest BCUT2D eigenvalue weighted by Gasteiger charge is 2.52. The molecule has 22 heavy (non-hydrogen) atoms. The van der Waals surface area contributed by atoms with E-state index in [0.29, 0.717) is 12.1 Å². The van der Waals surface area contributed by atoms with E-state index in [1.165, 1.54) is 36.9 Å². The third-order valence-electron chi connectivity index (χ3n) is 5.93. The molecule has 0 unspecified atom stereocenters. The van der Waals surface area contributed by atoms with E-state index in [4.69, 9.17) is 0 Å². The van der Waals surface area contributed by atoms with E-state index in [1.54, 1.807) is 0 Å². The number of nitrogens with one attached hydrogen (secondary N) is 1. The Hall–Kier alpha value is -1.35. The zero-order valence-corrected chi connectivity index (χ0v) is 13.5. The zero-order chi connectivity index (χ0) is 15.2. The lowest BCUT2D eigenvalue weighted by molar-refractivity contribution is -0.124. The molecule has 1 aromatic carbocycles. The number of nitrogens with zero attached hydrogens (tertiary/aromatic N) is 1. The fourth-order valence-corrected chi connectivity index (χ4v) is 4.44. The van der Waals surface area contributed by atoms with E-state index in [9.17, 15) is 4.79 Å². The molecule has 1 aromatic rings. The fourth-order valence-electron chi connectivity index (χ4n) is 4.44. The SMILES string of the molecule is Cc1cccc(C2(C(=O)N[C@@H]3CCN4CCCC[C@@H]34)CC2)c1. The predicted molar refractivity (Wildman–Crippen MR) is 87.9 cm³/mol. The van der Waals surface area contributed by atoms with E-state index in [2.05, 4.69) is 41.4 Å². The fraction of sp³-hybridized carbons (Fsp3) is 0.632. The highest BCUT2D eigenvalue weighted by Crippen LogP contribution is 2.48. The van der Waals surface area contributed by atoms with Gasteiger partial charge < -0.3 is 5.32 Å². The van der Waals surface area contributed by atoms with Crippen molar-refractivity contribution in [3.63, 3.8) is 0 Å². The lowest BCUT2D eigenvalue weighted by Crippen LogP contribution is -2.49. The number of amides is 1. The van der Waals surface area contributed by atoms with Crippen molar-refractivity contribution in [1.29, 1.82) is 0 Å². The summed E-state index contributed by atoms with van der Waals surface area (Å²) in [7, 11) is 0. The van der Waals surface area contributed by atoms with E-state index in [1.807, 2.05) is 0 Å². The molecule has 2 saturated heterocycles. The molecule has 0 aromatic heterocycles. The van der Waals surface area contributed by atoms with Crippen molar-refractivity contribution in [3.8, 4) is 0 Å². The summed E-state index contributed by atoms with van der Waals surface area (Å²) in [5.74, 6) is 0.274. The molecule has 1 amide bonds. The van der Waals surface area contributed by atoms with Crippen LogP contribution in [0, 0.1) is 6.92 Å². The molecule has 1 saturated carbocycles. The lowest BCUT2D eigenvalue weighted by atomic mass is 9.92. The van der Waals surface area contributed by atoms with Crippen LogP contribution in [-0.4, -0.2) is 36.0 Å². The topological polar surface area (TPSA) is 32.3 Å². The van der Waals surface area contributed by atoms with E-state index in [-0.39, 0.29) is 11.3 Å². The summed E-state index contributed by atoms with van der Waals surface area (Å²) < 4.78 is 0. The van der Waals surface area contributed by atoms with Gasteiger partial charge >= 0.3 is 0 Å². The van der Waals surface area contributed by atoms with Crippen LogP contribution in [0.5, 0.6) is 0 Å². The second-order valence-electron chi connectivity index (χ2n) is 7.42. The van der Waals surface area contributed by atoms with Crippen molar-refractivity contribution >= 4 is 5.91 Å². The average molecular weight is 298 g/mol. The quantitative estimate of drug-likeness (QED) is 0.930. The number of rotatable bonds is 3. The van der Waals surface area contributed by atoms with Crippen LogP contribution in [0.4, 0.5) is 0 Å². The molecule has 118 valence electrons. The summed E-state index contributed by atoms with van der Waals surface area (Å²) in [5.41, 5.74) is 2.23. The molecule has 1 aliphatic carbocycles. The monoisotopic (exact) mass is 298 g/mol. The summed E-state index contributed by atoms with van der Waals surface area (Å²) >= 11 is 0. The minimum absolute atomic E-state index is 0.228. The molecule has 0 radical (unpaired) electrons. The standard InChI is InChI=1S/C19H26N2O/c1-14-5-4-6-15(13-14)19(9-10-19)18(22)20-16-8-12-21-11-3-2-7-17(16)21/h4-6,13,16-17H,2-3,7-12H2,1H3,(H,20,22)/t16-,17+/m1/s1. The number of piperidine rings is 1. The number of aryl methyl sites for hydroxylation is 1. The van der Waals surface area contributed by atoms with Crippen LogP contribution in [0.15, 0.2) is 24.3 Å². The van der Waals surface area contributed by atoms with Gasteiger partial charge in [0.1, 0.15) is 0 Å². The first-order chi connectivity index (χ1) is 10.7. The largest absolute Gasteiger partial charge is 0.351 e. The van der Waals surface area contributed by atoms with Crippen molar-refractivity contribution < 1.29 is 4.79 Å². The summed E-state index contributed by atoms with van der Waals surface area (Å²) in [5, 5.41) is 3.42. The normalized spacial score (nSPS) is 29.9. The lowest BCUT2D eigenvalue weighted by Gasteiger charge is -2.33. The third-order valence-corrected chi connectivity index (χ3v) is 5.93. The molecule has 2 atom stereocenters. The Balaban J connectivity index is 1.48. The minimum Gasteiger partial charge on any atom is -0.351 e. The van der Waals surface area contributed by atoms with Crippen molar-refractivity contribution in [3.05, 3.63) is 35.4 Å². The van der Waals surface area contributed by atoms with Gasteiger partial charge in [-0.1, -0.05) is 36.2 Å². The van der Waals surface area contributed by atoms with Gasteiger partial charge in [-0.25, -0.2) is 0 Å². The van der Waals surface area contributed by atoms with Crippen LogP contribution in [0.3, 0.4) is 0 Å². The van der Waals surface area contributed by atoms with Gasteiger partial charge in [0.2, 0.25) is 5.91 Å².